The first-order valence-electron chi connectivity index (χ1n) is 10.3. The van der Waals surface area contributed by atoms with Crippen LogP contribution in [0.5, 0.6) is 11.5 Å². The lowest BCUT2D eigenvalue weighted by molar-refractivity contribution is -0.116. The summed E-state index contributed by atoms with van der Waals surface area (Å²) in [5.74, 6) is 1.63. The zero-order valence-electron chi connectivity index (χ0n) is 17.0. The number of ketones is 1. The Kier molecular flexibility index (Phi) is 6.94. The van der Waals surface area contributed by atoms with Gasteiger partial charge in [-0.2, -0.15) is 0 Å². The third kappa shape index (κ3) is 4.17. The molecule has 5 nitrogen and oxygen atoms in total. The number of rotatable bonds is 8. The lowest BCUT2D eigenvalue weighted by atomic mass is 9.84. The summed E-state index contributed by atoms with van der Waals surface area (Å²) in [6.07, 6.45) is 5.71. The number of methoxy groups -OCH3 is 1. The van der Waals surface area contributed by atoms with Gasteiger partial charge in [0.1, 0.15) is 0 Å². The van der Waals surface area contributed by atoms with Crippen molar-refractivity contribution in [3.8, 4) is 11.5 Å². The first-order valence-corrected chi connectivity index (χ1v) is 10.7. The standard InChI is InChI=1S/C22H30N2O3S/c1-4-6-7-13-27-18-12-11-15(14-19(18)26-3)21-20-16(9-8-10-17(20)25)24(5-2)22(28)23-21/h11-12,14,21H,4-10,13H2,1-3H3,(H,23,28). The quantitative estimate of drug-likeness (QED) is 0.510. The second-order valence-corrected chi connectivity index (χ2v) is 7.62. The van der Waals surface area contributed by atoms with Gasteiger partial charge in [0.2, 0.25) is 0 Å². The summed E-state index contributed by atoms with van der Waals surface area (Å²) in [5, 5.41) is 4.06. The topological polar surface area (TPSA) is 50.8 Å². The number of benzene rings is 1. The van der Waals surface area contributed by atoms with Crippen LogP contribution in [0.3, 0.4) is 0 Å². The fraction of sp³-hybridized carbons (Fsp3) is 0.545. The molecule has 1 unspecified atom stereocenters. The molecule has 1 N–H and O–H groups in total. The Bertz CT molecular complexity index is 775. The van der Waals surface area contributed by atoms with Crippen molar-refractivity contribution < 1.29 is 14.3 Å². The van der Waals surface area contributed by atoms with Crippen LogP contribution >= 0.6 is 12.2 Å². The molecule has 1 aliphatic carbocycles. The molecule has 28 heavy (non-hydrogen) atoms. The molecule has 0 saturated heterocycles. The summed E-state index contributed by atoms with van der Waals surface area (Å²) < 4.78 is 11.5. The van der Waals surface area contributed by atoms with E-state index in [1.807, 2.05) is 18.2 Å². The molecule has 152 valence electrons. The highest BCUT2D eigenvalue weighted by Gasteiger charge is 2.36. The highest BCUT2D eigenvalue weighted by Crippen LogP contribution is 2.39. The molecule has 0 amide bonds. The predicted molar refractivity (Wildman–Crippen MR) is 115 cm³/mol. The number of thiocarbonyl (C=S) groups is 1. The van der Waals surface area contributed by atoms with E-state index in [4.69, 9.17) is 21.7 Å². The van der Waals surface area contributed by atoms with Gasteiger partial charge in [-0.05, 0) is 56.1 Å². The van der Waals surface area contributed by atoms with Crippen LogP contribution in [0.15, 0.2) is 29.5 Å². The fourth-order valence-electron chi connectivity index (χ4n) is 3.95. The van der Waals surface area contributed by atoms with Crippen LogP contribution in [-0.4, -0.2) is 36.1 Å². The maximum atomic E-state index is 12.8. The first-order chi connectivity index (χ1) is 13.6. The Labute approximate surface area is 173 Å². The number of hydrogen-bond donors (Lipinski definition) is 1. The van der Waals surface area contributed by atoms with E-state index in [9.17, 15) is 4.79 Å². The minimum Gasteiger partial charge on any atom is -0.493 e. The van der Waals surface area contributed by atoms with Gasteiger partial charge in [-0.15, -0.1) is 0 Å². The Morgan fingerprint density at radius 1 is 1.21 bits per heavy atom. The van der Waals surface area contributed by atoms with Crippen molar-refractivity contribution in [2.45, 2.75) is 58.4 Å². The lowest BCUT2D eigenvalue weighted by Crippen LogP contribution is -2.49. The van der Waals surface area contributed by atoms with Crippen LogP contribution in [0.2, 0.25) is 0 Å². The molecule has 1 atom stereocenters. The number of Topliss-reactive ketones (excluding diaryl/α,β-unsaturated/α-hetero) is 1. The maximum Gasteiger partial charge on any atom is 0.173 e. The van der Waals surface area contributed by atoms with Gasteiger partial charge in [-0.3, -0.25) is 4.79 Å². The fourth-order valence-corrected chi connectivity index (χ4v) is 4.31. The predicted octanol–water partition coefficient (Wildman–Crippen LogP) is 4.52. The number of hydrogen-bond acceptors (Lipinski definition) is 4. The van der Waals surface area contributed by atoms with Gasteiger partial charge in [0.25, 0.3) is 0 Å². The third-order valence-corrected chi connectivity index (χ3v) is 5.74. The average molecular weight is 403 g/mol. The highest BCUT2D eigenvalue weighted by atomic mass is 32.1. The van der Waals surface area contributed by atoms with Gasteiger partial charge < -0.3 is 19.7 Å². The van der Waals surface area contributed by atoms with Crippen molar-refractivity contribution in [3.05, 3.63) is 35.0 Å². The SMILES string of the molecule is CCCCCOc1ccc(C2NC(=S)N(CC)C3=C2C(=O)CCC3)cc1OC. The van der Waals surface area contributed by atoms with Gasteiger partial charge in [0.15, 0.2) is 22.4 Å². The normalized spacial score (nSPS) is 19.4. The van der Waals surface area contributed by atoms with Crippen molar-refractivity contribution >= 4 is 23.1 Å². The monoisotopic (exact) mass is 402 g/mol. The summed E-state index contributed by atoms with van der Waals surface area (Å²) in [7, 11) is 1.65. The minimum absolute atomic E-state index is 0.207. The molecule has 2 aliphatic rings. The van der Waals surface area contributed by atoms with Crippen molar-refractivity contribution in [2.24, 2.45) is 0 Å². The Morgan fingerprint density at radius 3 is 2.75 bits per heavy atom. The van der Waals surface area contributed by atoms with Crippen LogP contribution in [0, 0.1) is 0 Å². The second-order valence-electron chi connectivity index (χ2n) is 7.23. The van der Waals surface area contributed by atoms with Crippen molar-refractivity contribution in [1.29, 1.82) is 0 Å². The van der Waals surface area contributed by atoms with Gasteiger partial charge in [0.05, 0.1) is 19.8 Å². The summed E-state index contributed by atoms with van der Waals surface area (Å²) >= 11 is 5.59. The molecule has 0 fully saturated rings. The lowest BCUT2D eigenvalue weighted by Gasteiger charge is -2.40. The molecule has 1 aliphatic heterocycles. The van der Waals surface area contributed by atoms with Gasteiger partial charge >= 0.3 is 0 Å². The van der Waals surface area contributed by atoms with E-state index in [0.29, 0.717) is 23.9 Å². The number of carbonyl (C=O) groups excluding carboxylic acids is 1. The zero-order chi connectivity index (χ0) is 20.1. The molecule has 0 spiro atoms. The van der Waals surface area contributed by atoms with E-state index in [0.717, 1.165) is 61.2 Å². The molecule has 0 aromatic heterocycles. The van der Waals surface area contributed by atoms with E-state index < -0.39 is 0 Å². The zero-order valence-corrected chi connectivity index (χ0v) is 17.9. The van der Waals surface area contributed by atoms with Crippen LogP contribution in [-0.2, 0) is 4.79 Å². The van der Waals surface area contributed by atoms with Crippen LogP contribution in [0.25, 0.3) is 0 Å². The molecular formula is C22H30N2O3S. The van der Waals surface area contributed by atoms with Crippen molar-refractivity contribution in [2.75, 3.05) is 20.3 Å². The summed E-state index contributed by atoms with van der Waals surface area (Å²) in [4.78, 5) is 14.8. The van der Waals surface area contributed by atoms with Crippen LogP contribution in [0.1, 0.15) is 64.0 Å². The number of nitrogens with zero attached hydrogens (tertiary/aromatic N) is 1. The third-order valence-electron chi connectivity index (χ3n) is 5.40. The number of carbonyl (C=O) groups is 1. The molecule has 0 radical (unpaired) electrons. The van der Waals surface area contributed by atoms with Gasteiger partial charge in [-0.25, -0.2) is 0 Å². The molecule has 1 aromatic carbocycles. The number of nitrogens with one attached hydrogen (secondary N) is 1. The average Bonchev–Trinajstić information content (AvgIpc) is 2.71. The number of unbranched alkanes of at least 4 members (excludes halogenated alkanes) is 2. The maximum absolute atomic E-state index is 12.8. The Morgan fingerprint density at radius 2 is 2.04 bits per heavy atom. The highest BCUT2D eigenvalue weighted by molar-refractivity contribution is 7.80. The summed E-state index contributed by atoms with van der Waals surface area (Å²) in [6, 6.07) is 5.67. The molecular weight excluding hydrogens is 372 g/mol. The molecule has 1 heterocycles. The summed E-state index contributed by atoms with van der Waals surface area (Å²) in [6.45, 7) is 5.67. The van der Waals surface area contributed by atoms with E-state index in [1.165, 1.54) is 0 Å². The molecule has 0 bridgehead atoms. The Balaban J connectivity index is 1.91. The molecule has 0 saturated carbocycles. The van der Waals surface area contributed by atoms with Crippen molar-refractivity contribution in [3.63, 3.8) is 0 Å². The van der Waals surface area contributed by atoms with Crippen LogP contribution < -0.4 is 14.8 Å². The van der Waals surface area contributed by atoms with Crippen LogP contribution in [0.4, 0.5) is 0 Å². The largest absolute Gasteiger partial charge is 0.493 e. The molecule has 1 aromatic rings. The van der Waals surface area contributed by atoms with Gasteiger partial charge in [0, 0.05) is 24.2 Å². The number of allylic oxidation sites excluding steroid dienone is 1. The van der Waals surface area contributed by atoms with Gasteiger partial charge in [-0.1, -0.05) is 25.8 Å². The van der Waals surface area contributed by atoms with Crippen molar-refractivity contribution in [1.82, 2.24) is 10.2 Å². The van der Waals surface area contributed by atoms with E-state index in [-0.39, 0.29) is 11.8 Å². The van der Waals surface area contributed by atoms with E-state index in [2.05, 4.69) is 24.1 Å². The van der Waals surface area contributed by atoms with E-state index >= 15 is 0 Å². The first kappa shape index (κ1) is 20.6. The summed E-state index contributed by atoms with van der Waals surface area (Å²) in [5.41, 5.74) is 2.89. The Hall–Kier alpha value is -2.08. The smallest absolute Gasteiger partial charge is 0.173 e. The minimum atomic E-state index is -0.235. The second kappa shape index (κ2) is 9.41. The molecule has 6 heteroatoms. The van der Waals surface area contributed by atoms with E-state index in [1.54, 1.807) is 7.11 Å². The number of ether oxygens (including phenoxy) is 2. The molecule has 3 rings (SSSR count).